The van der Waals surface area contributed by atoms with Gasteiger partial charge in [0, 0.05) is 6.26 Å². The second kappa shape index (κ2) is 7.40. The second-order valence-electron chi connectivity index (χ2n) is 5.82. The van der Waals surface area contributed by atoms with E-state index in [1.807, 2.05) is 0 Å². The van der Waals surface area contributed by atoms with E-state index >= 15 is 0 Å². The molecule has 1 N–H and O–H groups in total. The fourth-order valence-electron chi connectivity index (χ4n) is 2.36. The summed E-state index contributed by atoms with van der Waals surface area (Å²) in [6.07, 6.45) is -3.38. The molecule has 0 aliphatic heterocycles. The Bertz CT molecular complexity index is 1100. The average Bonchev–Trinajstić information content (AvgIpc) is 3.07. The molecular weight excluding hydrogens is 419 g/mol. The van der Waals surface area contributed by atoms with Crippen LogP contribution in [0.4, 0.5) is 18.9 Å². The molecule has 3 rings (SSSR count). The number of anilines is 1. The van der Waals surface area contributed by atoms with Crippen LogP contribution < -0.4 is 5.32 Å². The van der Waals surface area contributed by atoms with Crippen LogP contribution in [0.25, 0.3) is 5.69 Å². The van der Waals surface area contributed by atoms with E-state index in [-0.39, 0.29) is 22.2 Å². The molecule has 3 aromatic rings. The highest BCUT2D eigenvalue weighted by Crippen LogP contribution is 2.33. The lowest BCUT2D eigenvalue weighted by atomic mass is 10.2. The Hall–Kier alpha value is -2.66. The van der Waals surface area contributed by atoms with Crippen LogP contribution in [0.5, 0.6) is 0 Å². The molecule has 7 nitrogen and oxygen atoms in total. The number of benzene rings is 2. The molecule has 12 heteroatoms. The van der Waals surface area contributed by atoms with Gasteiger partial charge in [0.15, 0.2) is 15.7 Å². The summed E-state index contributed by atoms with van der Waals surface area (Å²) in [4.78, 5) is 0.153. The van der Waals surface area contributed by atoms with Gasteiger partial charge in [-0.05, 0) is 52.9 Å². The first-order valence-corrected chi connectivity index (χ1v) is 10.0. The van der Waals surface area contributed by atoms with Crippen LogP contribution in [0.3, 0.4) is 0 Å². The lowest BCUT2D eigenvalue weighted by molar-refractivity contribution is -0.137. The van der Waals surface area contributed by atoms with Crippen molar-refractivity contribution in [2.45, 2.75) is 17.6 Å². The molecule has 0 saturated carbocycles. The van der Waals surface area contributed by atoms with Crippen LogP contribution in [0.1, 0.15) is 11.4 Å². The zero-order valence-electron chi connectivity index (χ0n) is 14.3. The first-order chi connectivity index (χ1) is 13.1. The molecule has 1 aromatic heterocycles. The Morgan fingerprint density at radius 2 is 1.82 bits per heavy atom. The highest BCUT2D eigenvalue weighted by molar-refractivity contribution is 7.90. The lowest BCUT2D eigenvalue weighted by Crippen LogP contribution is -2.10. The first kappa shape index (κ1) is 20.1. The highest BCUT2D eigenvalue weighted by atomic mass is 35.5. The molecule has 28 heavy (non-hydrogen) atoms. The van der Waals surface area contributed by atoms with Crippen LogP contribution in [0.15, 0.2) is 47.4 Å². The van der Waals surface area contributed by atoms with E-state index in [4.69, 9.17) is 11.6 Å². The van der Waals surface area contributed by atoms with Gasteiger partial charge in [-0.3, -0.25) is 0 Å². The number of sulfone groups is 1. The number of tetrazole rings is 1. The number of alkyl halides is 3. The third-order valence-corrected chi connectivity index (χ3v) is 5.22. The minimum absolute atomic E-state index is 0.0753. The van der Waals surface area contributed by atoms with Crippen molar-refractivity contribution >= 4 is 27.1 Å². The van der Waals surface area contributed by atoms with Gasteiger partial charge in [0.25, 0.3) is 0 Å². The standard InChI is InChI=1S/C16H13ClF3N5O2S/c1-28(26,27)12-5-3-11(4-6-12)25-15(22-23-24-25)9-21-14-7-2-10(8-13(14)17)16(18,19)20/h2-8,21H,9H2,1H3. The van der Waals surface area contributed by atoms with Crippen molar-refractivity contribution in [3.63, 3.8) is 0 Å². The summed E-state index contributed by atoms with van der Waals surface area (Å²) in [5.74, 6) is 0.350. The summed E-state index contributed by atoms with van der Waals surface area (Å²) >= 11 is 5.91. The van der Waals surface area contributed by atoms with E-state index in [1.54, 1.807) is 12.1 Å². The molecule has 1 heterocycles. The zero-order valence-corrected chi connectivity index (χ0v) is 15.8. The van der Waals surface area contributed by atoms with E-state index in [9.17, 15) is 21.6 Å². The molecule has 0 aliphatic rings. The second-order valence-corrected chi connectivity index (χ2v) is 8.24. The van der Waals surface area contributed by atoms with Crippen LogP contribution in [0, 0.1) is 0 Å². The normalized spacial score (nSPS) is 12.2. The lowest BCUT2D eigenvalue weighted by Gasteiger charge is -2.12. The first-order valence-electron chi connectivity index (χ1n) is 7.74. The summed E-state index contributed by atoms with van der Waals surface area (Å²) in [5, 5.41) is 14.1. The summed E-state index contributed by atoms with van der Waals surface area (Å²) in [6, 6.07) is 8.91. The van der Waals surface area contributed by atoms with Crippen molar-refractivity contribution in [2.24, 2.45) is 0 Å². The van der Waals surface area contributed by atoms with Gasteiger partial charge in [-0.1, -0.05) is 11.6 Å². The van der Waals surface area contributed by atoms with Gasteiger partial charge in [-0.2, -0.15) is 17.9 Å². The minimum Gasteiger partial charge on any atom is -0.376 e. The predicted molar refractivity (Wildman–Crippen MR) is 96.0 cm³/mol. The van der Waals surface area contributed by atoms with E-state index in [2.05, 4.69) is 20.8 Å². The van der Waals surface area contributed by atoms with Gasteiger partial charge in [0.05, 0.1) is 33.4 Å². The van der Waals surface area contributed by atoms with Crippen LogP contribution in [-0.4, -0.2) is 34.9 Å². The summed E-state index contributed by atoms with van der Waals surface area (Å²) in [5.41, 5.74) is -0.0387. The Balaban J connectivity index is 1.78. The summed E-state index contributed by atoms with van der Waals surface area (Å²) in [6.45, 7) is 0.0753. The molecule has 0 aliphatic carbocycles. The quantitative estimate of drug-likeness (QED) is 0.666. The Morgan fingerprint density at radius 3 is 2.39 bits per heavy atom. The molecule has 148 valence electrons. The topological polar surface area (TPSA) is 89.8 Å². The fraction of sp³-hybridized carbons (Fsp3) is 0.188. The van der Waals surface area contributed by atoms with Crippen molar-refractivity contribution in [1.82, 2.24) is 20.2 Å². The molecule has 0 fully saturated rings. The summed E-state index contributed by atoms with van der Waals surface area (Å²) in [7, 11) is -3.33. The van der Waals surface area contributed by atoms with E-state index in [0.717, 1.165) is 18.4 Å². The van der Waals surface area contributed by atoms with Crippen LogP contribution >= 0.6 is 11.6 Å². The molecular formula is C16H13ClF3N5O2S. The van der Waals surface area contributed by atoms with Crippen molar-refractivity contribution in [1.29, 1.82) is 0 Å². The van der Waals surface area contributed by atoms with Gasteiger partial charge in [0.1, 0.15) is 0 Å². The third kappa shape index (κ3) is 4.42. The Kier molecular flexibility index (Phi) is 5.31. The van der Waals surface area contributed by atoms with Crippen molar-refractivity contribution in [2.75, 3.05) is 11.6 Å². The molecule has 0 atom stereocenters. The fourth-order valence-corrected chi connectivity index (χ4v) is 3.24. The van der Waals surface area contributed by atoms with Gasteiger partial charge < -0.3 is 5.32 Å². The number of hydrogen-bond acceptors (Lipinski definition) is 6. The number of nitrogens with one attached hydrogen (secondary N) is 1. The van der Waals surface area contributed by atoms with Crippen LogP contribution in [0.2, 0.25) is 5.02 Å². The Morgan fingerprint density at radius 1 is 1.14 bits per heavy atom. The van der Waals surface area contributed by atoms with Gasteiger partial charge in [-0.25, -0.2) is 8.42 Å². The predicted octanol–water partition coefficient (Wildman–Crippen LogP) is 3.35. The average molecular weight is 432 g/mol. The SMILES string of the molecule is CS(=O)(=O)c1ccc(-n2nnnc2CNc2ccc(C(F)(F)F)cc2Cl)cc1. The van der Waals surface area contributed by atoms with Gasteiger partial charge in [-0.15, -0.1) is 5.10 Å². The smallest absolute Gasteiger partial charge is 0.376 e. The monoisotopic (exact) mass is 431 g/mol. The minimum atomic E-state index is -4.48. The molecule has 0 spiro atoms. The molecule has 0 radical (unpaired) electrons. The number of halogens is 4. The number of rotatable bonds is 5. The molecule has 0 bridgehead atoms. The molecule has 0 unspecified atom stereocenters. The Labute approximate surface area is 163 Å². The van der Waals surface area contributed by atoms with E-state index in [0.29, 0.717) is 11.5 Å². The number of aromatic nitrogens is 4. The van der Waals surface area contributed by atoms with Crippen molar-refractivity contribution < 1.29 is 21.6 Å². The van der Waals surface area contributed by atoms with Crippen LogP contribution in [-0.2, 0) is 22.6 Å². The maximum absolute atomic E-state index is 12.7. The number of nitrogens with zero attached hydrogens (tertiary/aromatic N) is 4. The molecule has 0 saturated heterocycles. The van der Waals surface area contributed by atoms with E-state index in [1.165, 1.54) is 22.9 Å². The van der Waals surface area contributed by atoms with Crippen molar-refractivity contribution in [3.05, 3.63) is 58.9 Å². The van der Waals surface area contributed by atoms with E-state index < -0.39 is 21.6 Å². The maximum atomic E-state index is 12.7. The summed E-state index contributed by atoms with van der Waals surface area (Å²) < 4.78 is 62.6. The largest absolute Gasteiger partial charge is 0.416 e. The van der Waals surface area contributed by atoms with Gasteiger partial charge >= 0.3 is 6.18 Å². The van der Waals surface area contributed by atoms with Crippen molar-refractivity contribution in [3.8, 4) is 5.69 Å². The zero-order chi connectivity index (χ0) is 20.5. The molecule has 2 aromatic carbocycles. The highest BCUT2D eigenvalue weighted by Gasteiger charge is 2.30. The maximum Gasteiger partial charge on any atom is 0.416 e. The third-order valence-electron chi connectivity index (χ3n) is 3.78. The number of hydrogen-bond donors (Lipinski definition) is 1. The molecule has 0 amide bonds. The van der Waals surface area contributed by atoms with Gasteiger partial charge in [0.2, 0.25) is 0 Å².